The molecule has 4 heteroatoms. The summed E-state index contributed by atoms with van der Waals surface area (Å²) in [5, 5.41) is 0. The maximum absolute atomic E-state index is 11.3. The fraction of sp³-hybridized carbons (Fsp3) is 0.750. The van der Waals surface area contributed by atoms with Crippen molar-refractivity contribution >= 4 is 12.2 Å². The molecule has 0 saturated carbocycles. The molecule has 1 heterocycles. The lowest BCUT2D eigenvalue weighted by atomic mass is 10.0. The third-order valence-electron chi connectivity index (χ3n) is 2.23. The number of hydroxylamine groups is 1. The van der Waals surface area contributed by atoms with Gasteiger partial charge in [-0.3, -0.25) is 4.84 Å². The lowest BCUT2D eigenvalue weighted by Gasteiger charge is -2.15. The van der Waals surface area contributed by atoms with Gasteiger partial charge in [0.15, 0.2) is 6.21 Å². The van der Waals surface area contributed by atoms with Crippen molar-refractivity contribution in [3.63, 3.8) is 0 Å². The summed E-state index contributed by atoms with van der Waals surface area (Å²) < 4.78 is 6.24. The van der Waals surface area contributed by atoms with Gasteiger partial charge in [-0.15, -0.1) is 0 Å². The van der Waals surface area contributed by atoms with Crippen molar-refractivity contribution in [3.8, 4) is 0 Å². The summed E-state index contributed by atoms with van der Waals surface area (Å²) in [5.74, 6) is -0.252. The molecule has 0 amide bonds. The molecule has 0 fully saturated rings. The fourth-order valence-electron chi connectivity index (χ4n) is 1.46. The number of ether oxygens (including phenoxy) is 1. The van der Waals surface area contributed by atoms with Gasteiger partial charge in [0.1, 0.15) is 7.11 Å². The van der Waals surface area contributed by atoms with Crippen molar-refractivity contribution in [2.45, 2.75) is 25.3 Å². The summed E-state index contributed by atoms with van der Waals surface area (Å²) in [5.41, 5.74) is -0.635. The summed E-state index contributed by atoms with van der Waals surface area (Å²) in [6.07, 6.45) is 3.45. The van der Waals surface area contributed by atoms with Crippen LogP contribution >= 0.6 is 0 Å². The summed E-state index contributed by atoms with van der Waals surface area (Å²) in [7, 11) is 2.93. The first-order valence-corrected chi connectivity index (χ1v) is 3.90. The van der Waals surface area contributed by atoms with Crippen molar-refractivity contribution in [3.05, 3.63) is 0 Å². The van der Waals surface area contributed by atoms with E-state index in [-0.39, 0.29) is 5.97 Å². The van der Waals surface area contributed by atoms with Crippen LogP contribution in [0.5, 0.6) is 0 Å². The van der Waals surface area contributed by atoms with Crippen LogP contribution in [0.4, 0.5) is 0 Å². The van der Waals surface area contributed by atoms with Crippen molar-refractivity contribution in [2.24, 2.45) is 0 Å². The molecule has 1 unspecified atom stereocenters. The molecule has 0 aromatic carbocycles. The zero-order valence-corrected chi connectivity index (χ0v) is 7.66. The Morgan fingerprint density at radius 2 is 2.25 bits per heavy atom. The number of rotatable bonds is 2. The van der Waals surface area contributed by atoms with Crippen LogP contribution in [0.2, 0.25) is 0 Å². The van der Waals surface area contributed by atoms with Crippen LogP contribution in [0.15, 0.2) is 0 Å². The van der Waals surface area contributed by atoms with E-state index < -0.39 is 5.54 Å². The van der Waals surface area contributed by atoms with E-state index in [1.54, 1.807) is 11.8 Å². The first-order chi connectivity index (χ1) is 5.65. The second-order valence-corrected chi connectivity index (χ2v) is 3.00. The van der Waals surface area contributed by atoms with Crippen LogP contribution in [0.3, 0.4) is 0 Å². The standard InChI is InChI=1S/C8H14NO3/c1-8(7(10)11-2)5-4-6-9(8)12-3/h6H,4-5H2,1-3H3/q+1. The molecule has 68 valence electrons. The lowest BCUT2D eigenvalue weighted by molar-refractivity contribution is -0.811. The zero-order chi connectivity index (χ0) is 9.19. The minimum atomic E-state index is -0.635. The van der Waals surface area contributed by atoms with Crippen LogP contribution in [0.25, 0.3) is 0 Å². The van der Waals surface area contributed by atoms with Gasteiger partial charge in [-0.25, -0.2) is 4.79 Å². The van der Waals surface area contributed by atoms with Crippen molar-refractivity contribution in [1.29, 1.82) is 0 Å². The molecule has 0 bridgehead atoms. The van der Waals surface area contributed by atoms with Crippen LogP contribution in [0.1, 0.15) is 19.8 Å². The molecule has 1 atom stereocenters. The van der Waals surface area contributed by atoms with E-state index in [0.717, 1.165) is 12.8 Å². The highest BCUT2D eigenvalue weighted by Gasteiger charge is 2.51. The Bertz CT molecular complexity index is 224. The largest absolute Gasteiger partial charge is 0.464 e. The molecule has 0 saturated heterocycles. The third kappa shape index (κ3) is 1.17. The van der Waals surface area contributed by atoms with Crippen LogP contribution < -0.4 is 0 Å². The van der Waals surface area contributed by atoms with Gasteiger partial charge in [-0.1, -0.05) is 0 Å². The Morgan fingerprint density at radius 1 is 1.58 bits per heavy atom. The molecule has 0 aromatic rings. The van der Waals surface area contributed by atoms with Gasteiger partial charge in [0, 0.05) is 19.8 Å². The van der Waals surface area contributed by atoms with Crippen molar-refractivity contribution < 1.29 is 19.1 Å². The van der Waals surface area contributed by atoms with Crippen LogP contribution in [-0.2, 0) is 14.4 Å². The van der Waals surface area contributed by atoms with Gasteiger partial charge >= 0.3 is 11.5 Å². The van der Waals surface area contributed by atoms with E-state index in [9.17, 15) is 4.79 Å². The van der Waals surface area contributed by atoms with E-state index in [2.05, 4.69) is 4.74 Å². The number of hydrogen-bond acceptors (Lipinski definition) is 3. The number of carbonyl (C=O) groups excluding carboxylic acids is 1. The SMILES string of the molecule is COC(=O)C1(C)CCC=[N+]1OC. The smallest absolute Gasteiger partial charge is 0.382 e. The van der Waals surface area contributed by atoms with E-state index in [1.807, 2.05) is 13.1 Å². The quantitative estimate of drug-likeness (QED) is 0.446. The monoisotopic (exact) mass is 172 g/mol. The topological polar surface area (TPSA) is 38.5 Å². The van der Waals surface area contributed by atoms with Gasteiger partial charge in [-0.05, 0) is 4.74 Å². The number of esters is 1. The second kappa shape index (κ2) is 3.13. The Labute approximate surface area is 71.7 Å². The van der Waals surface area contributed by atoms with E-state index >= 15 is 0 Å². The molecule has 4 nitrogen and oxygen atoms in total. The highest BCUT2D eigenvalue weighted by Crippen LogP contribution is 2.23. The Morgan fingerprint density at radius 3 is 2.75 bits per heavy atom. The minimum Gasteiger partial charge on any atom is -0.464 e. The average Bonchev–Trinajstić information content (AvgIpc) is 2.46. The molecule has 0 radical (unpaired) electrons. The predicted octanol–water partition coefficient (Wildman–Crippen LogP) is 0.357. The van der Waals surface area contributed by atoms with Gasteiger partial charge in [0.05, 0.1) is 7.11 Å². The highest BCUT2D eigenvalue weighted by atomic mass is 16.7. The van der Waals surface area contributed by atoms with Gasteiger partial charge in [0.2, 0.25) is 0 Å². The highest BCUT2D eigenvalue weighted by molar-refractivity contribution is 5.80. The first-order valence-electron chi connectivity index (χ1n) is 3.90. The second-order valence-electron chi connectivity index (χ2n) is 3.00. The van der Waals surface area contributed by atoms with E-state index in [0.29, 0.717) is 0 Å². The summed E-state index contributed by atoms with van der Waals surface area (Å²) >= 11 is 0. The van der Waals surface area contributed by atoms with Gasteiger partial charge in [0.25, 0.3) is 0 Å². The molecule has 0 spiro atoms. The molecule has 0 N–H and O–H groups in total. The first kappa shape index (κ1) is 9.03. The summed E-state index contributed by atoms with van der Waals surface area (Å²) in [6, 6.07) is 0. The normalized spacial score (nSPS) is 28.1. The van der Waals surface area contributed by atoms with E-state index in [4.69, 9.17) is 4.84 Å². The van der Waals surface area contributed by atoms with Crippen molar-refractivity contribution in [2.75, 3.05) is 14.2 Å². The number of nitrogens with zero attached hydrogens (tertiary/aromatic N) is 1. The maximum Gasteiger partial charge on any atom is 0.382 e. The fourth-order valence-corrected chi connectivity index (χ4v) is 1.46. The van der Waals surface area contributed by atoms with E-state index in [1.165, 1.54) is 7.11 Å². The number of carbonyl (C=O) groups is 1. The molecule has 0 aromatic heterocycles. The number of hydrogen-bond donors (Lipinski definition) is 0. The average molecular weight is 172 g/mol. The molecule has 0 aliphatic carbocycles. The Hall–Kier alpha value is -1.06. The van der Waals surface area contributed by atoms with Crippen LogP contribution in [-0.4, -0.2) is 36.7 Å². The maximum atomic E-state index is 11.3. The lowest BCUT2D eigenvalue weighted by Crippen LogP contribution is -2.44. The molecular formula is C8H14NO3+. The van der Waals surface area contributed by atoms with Gasteiger partial charge < -0.3 is 4.74 Å². The van der Waals surface area contributed by atoms with Crippen LogP contribution in [0, 0.1) is 0 Å². The third-order valence-corrected chi connectivity index (χ3v) is 2.23. The minimum absolute atomic E-state index is 0.252. The Kier molecular flexibility index (Phi) is 2.35. The zero-order valence-electron chi connectivity index (χ0n) is 7.66. The molecule has 1 aliphatic heterocycles. The summed E-state index contributed by atoms with van der Waals surface area (Å²) in [4.78, 5) is 16.4. The van der Waals surface area contributed by atoms with Crippen molar-refractivity contribution in [1.82, 2.24) is 0 Å². The number of methoxy groups -OCH3 is 1. The molecule has 1 aliphatic rings. The predicted molar refractivity (Wildman–Crippen MR) is 43.0 cm³/mol. The molecule has 1 rings (SSSR count). The summed E-state index contributed by atoms with van der Waals surface area (Å²) in [6.45, 7) is 1.81. The molecule has 12 heavy (non-hydrogen) atoms. The molecular weight excluding hydrogens is 158 g/mol. The Balaban J connectivity index is 2.84. The van der Waals surface area contributed by atoms with Gasteiger partial charge in [-0.2, -0.15) is 0 Å².